The third-order valence-corrected chi connectivity index (χ3v) is 5.95. The van der Waals surface area contributed by atoms with Gasteiger partial charge in [-0.3, -0.25) is 0 Å². The summed E-state index contributed by atoms with van der Waals surface area (Å²) in [6, 6.07) is 27.9. The average molecular weight is 444 g/mol. The van der Waals surface area contributed by atoms with E-state index in [-0.39, 0.29) is 18.0 Å². The number of nitriles is 2. The maximum atomic E-state index is 9.43. The summed E-state index contributed by atoms with van der Waals surface area (Å²) in [7, 11) is 1.64. The van der Waals surface area contributed by atoms with E-state index in [9.17, 15) is 10.5 Å². The molecule has 1 unspecified atom stereocenters. The fourth-order valence-corrected chi connectivity index (χ4v) is 4.06. The molecule has 0 amide bonds. The molecule has 0 aliphatic carbocycles. The van der Waals surface area contributed by atoms with E-state index in [2.05, 4.69) is 30.4 Å². The molecule has 0 radical (unpaired) electrons. The molecule has 1 N–H and O–H groups in total. The Balaban J connectivity index is 1.89. The van der Waals surface area contributed by atoms with Gasteiger partial charge in [0.05, 0.1) is 31.2 Å². The molecular weight excluding hydrogens is 418 g/mol. The van der Waals surface area contributed by atoms with E-state index < -0.39 is 0 Å². The van der Waals surface area contributed by atoms with Gasteiger partial charge in [-0.1, -0.05) is 48.0 Å². The predicted molar refractivity (Wildman–Crippen MR) is 128 cm³/mol. The highest BCUT2D eigenvalue weighted by molar-refractivity contribution is 6.30. The number of nitrogens with zero attached hydrogens (tertiary/aromatic N) is 2. The molecule has 3 aromatic rings. The average Bonchev–Trinajstić information content (AvgIpc) is 2.83. The summed E-state index contributed by atoms with van der Waals surface area (Å²) >= 11 is 6.07. The molecular formula is C27H26ClN3O. The van der Waals surface area contributed by atoms with Crippen molar-refractivity contribution in [2.45, 2.75) is 37.8 Å². The molecule has 162 valence electrons. The lowest BCUT2D eigenvalue weighted by molar-refractivity contribution is 0.398. The van der Waals surface area contributed by atoms with Gasteiger partial charge in [0.15, 0.2) is 0 Å². The van der Waals surface area contributed by atoms with Crippen molar-refractivity contribution in [2.24, 2.45) is 0 Å². The molecule has 0 aromatic heterocycles. The SMILES string of the molecule is COc1ccc(C(CC#N)N[C@@H](C)[C@@H](Cc2ccc(Cl)cc2)c2cccc(C#N)c2)cc1. The molecule has 0 aliphatic rings. The van der Waals surface area contributed by atoms with Crippen molar-refractivity contribution < 1.29 is 4.74 Å². The zero-order valence-corrected chi connectivity index (χ0v) is 19.0. The second kappa shape index (κ2) is 11.3. The summed E-state index contributed by atoms with van der Waals surface area (Å²) in [4.78, 5) is 0. The molecule has 4 nitrogen and oxygen atoms in total. The summed E-state index contributed by atoms with van der Waals surface area (Å²) in [5.74, 6) is 0.885. The van der Waals surface area contributed by atoms with Gasteiger partial charge in [0.2, 0.25) is 0 Å². The second-order valence-corrected chi connectivity index (χ2v) is 8.25. The minimum absolute atomic E-state index is 0.0417. The van der Waals surface area contributed by atoms with Crippen LogP contribution < -0.4 is 10.1 Å². The summed E-state index contributed by atoms with van der Waals surface area (Å²) in [6.07, 6.45) is 1.13. The number of nitrogens with one attached hydrogen (secondary N) is 1. The van der Waals surface area contributed by atoms with Crippen LogP contribution in [0.5, 0.6) is 5.75 Å². The molecule has 32 heavy (non-hydrogen) atoms. The van der Waals surface area contributed by atoms with Crippen LogP contribution in [0.4, 0.5) is 0 Å². The van der Waals surface area contributed by atoms with Crippen LogP contribution in [-0.2, 0) is 6.42 Å². The Morgan fingerprint density at radius 3 is 2.31 bits per heavy atom. The Kier molecular flexibility index (Phi) is 8.28. The number of ether oxygens (including phenoxy) is 1. The highest BCUT2D eigenvalue weighted by Crippen LogP contribution is 2.29. The van der Waals surface area contributed by atoms with Crippen LogP contribution >= 0.6 is 11.6 Å². The summed E-state index contributed by atoms with van der Waals surface area (Å²) in [6.45, 7) is 2.13. The van der Waals surface area contributed by atoms with Crippen LogP contribution in [0.25, 0.3) is 0 Å². The van der Waals surface area contributed by atoms with Crippen molar-refractivity contribution in [1.82, 2.24) is 5.32 Å². The van der Waals surface area contributed by atoms with Crippen molar-refractivity contribution in [3.05, 3.63) is 100 Å². The third kappa shape index (κ3) is 6.11. The van der Waals surface area contributed by atoms with E-state index in [0.29, 0.717) is 17.0 Å². The number of benzene rings is 3. The van der Waals surface area contributed by atoms with E-state index in [0.717, 1.165) is 28.9 Å². The number of rotatable bonds is 9. The predicted octanol–water partition coefficient (Wildman–Crippen LogP) is 6.18. The highest BCUT2D eigenvalue weighted by atomic mass is 35.5. The van der Waals surface area contributed by atoms with Crippen LogP contribution in [0.2, 0.25) is 5.02 Å². The maximum Gasteiger partial charge on any atom is 0.118 e. The van der Waals surface area contributed by atoms with Crippen LogP contribution in [0, 0.1) is 22.7 Å². The van der Waals surface area contributed by atoms with Crippen LogP contribution in [0.1, 0.15) is 47.6 Å². The maximum absolute atomic E-state index is 9.43. The Bertz CT molecular complexity index is 1100. The minimum atomic E-state index is -0.118. The molecule has 0 saturated carbocycles. The first-order chi connectivity index (χ1) is 15.5. The van der Waals surface area contributed by atoms with E-state index in [1.165, 1.54) is 0 Å². The first-order valence-electron chi connectivity index (χ1n) is 10.6. The first-order valence-corrected chi connectivity index (χ1v) is 10.9. The molecule has 5 heteroatoms. The minimum Gasteiger partial charge on any atom is -0.497 e. The van der Waals surface area contributed by atoms with Gasteiger partial charge in [0, 0.05) is 23.0 Å². The quantitative estimate of drug-likeness (QED) is 0.428. The van der Waals surface area contributed by atoms with E-state index in [1.807, 2.05) is 66.7 Å². The number of methoxy groups -OCH3 is 1. The third-order valence-electron chi connectivity index (χ3n) is 5.69. The van der Waals surface area contributed by atoms with E-state index in [4.69, 9.17) is 16.3 Å². The lowest BCUT2D eigenvalue weighted by Crippen LogP contribution is -2.36. The summed E-state index contributed by atoms with van der Waals surface area (Å²) in [5, 5.41) is 23.2. The fraction of sp³-hybridized carbons (Fsp3) is 0.259. The summed E-state index contributed by atoms with van der Waals surface area (Å²) < 4.78 is 5.26. The molecule has 0 saturated heterocycles. The Labute approximate surface area is 195 Å². The monoisotopic (exact) mass is 443 g/mol. The van der Waals surface area contributed by atoms with Gasteiger partial charge < -0.3 is 10.1 Å². The molecule has 0 bridgehead atoms. The second-order valence-electron chi connectivity index (χ2n) is 7.82. The van der Waals surface area contributed by atoms with Gasteiger partial charge in [-0.05, 0) is 66.4 Å². The van der Waals surface area contributed by atoms with Gasteiger partial charge >= 0.3 is 0 Å². The smallest absolute Gasteiger partial charge is 0.118 e. The van der Waals surface area contributed by atoms with Crippen LogP contribution in [-0.4, -0.2) is 13.2 Å². The molecule has 3 rings (SSSR count). The lowest BCUT2D eigenvalue weighted by Gasteiger charge is -2.30. The zero-order chi connectivity index (χ0) is 22.9. The van der Waals surface area contributed by atoms with E-state index in [1.54, 1.807) is 7.11 Å². The largest absolute Gasteiger partial charge is 0.497 e. The van der Waals surface area contributed by atoms with Crippen LogP contribution in [0.15, 0.2) is 72.8 Å². The first kappa shape index (κ1) is 23.4. The van der Waals surface area contributed by atoms with Gasteiger partial charge in [-0.2, -0.15) is 10.5 Å². The number of halogens is 1. The molecule has 0 aliphatic heterocycles. The highest BCUT2D eigenvalue weighted by Gasteiger charge is 2.24. The standard InChI is InChI=1S/C27H26ClN3O/c1-19(31-27(14-15-29)22-8-12-25(32-2)13-9-22)26(17-20-6-10-24(28)11-7-20)23-5-3-4-21(16-23)18-30/h3-13,16,19,26-27,31H,14,17H2,1-2H3/t19-,26+,27?/m0/s1. The normalized spacial score (nSPS) is 13.4. The van der Waals surface area contributed by atoms with Crippen molar-refractivity contribution in [3.63, 3.8) is 0 Å². The fourth-order valence-electron chi connectivity index (χ4n) is 3.93. The molecule has 0 fully saturated rings. The van der Waals surface area contributed by atoms with Crippen molar-refractivity contribution >= 4 is 11.6 Å². The van der Waals surface area contributed by atoms with Gasteiger partial charge in [0.25, 0.3) is 0 Å². The van der Waals surface area contributed by atoms with Crippen LogP contribution in [0.3, 0.4) is 0 Å². The lowest BCUT2D eigenvalue weighted by atomic mass is 9.85. The van der Waals surface area contributed by atoms with Crippen molar-refractivity contribution in [3.8, 4) is 17.9 Å². The van der Waals surface area contributed by atoms with Gasteiger partial charge in [0.1, 0.15) is 5.75 Å². The van der Waals surface area contributed by atoms with Crippen molar-refractivity contribution in [2.75, 3.05) is 7.11 Å². The van der Waals surface area contributed by atoms with Crippen molar-refractivity contribution in [1.29, 1.82) is 10.5 Å². The Morgan fingerprint density at radius 1 is 0.969 bits per heavy atom. The zero-order valence-electron chi connectivity index (χ0n) is 18.3. The topological polar surface area (TPSA) is 68.8 Å². The Morgan fingerprint density at radius 2 is 1.69 bits per heavy atom. The molecule has 0 spiro atoms. The number of hydrogen-bond acceptors (Lipinski definition) is 4. The Hall–Kier alpha value is -3.31. The van der Waals surface area contributed by atoms with Gasteiger partial charge in [-0.15, -0.1) is 0 Å². The molecule has 0 heterocycles. The molecule has 3 atom stereocenters. The van der Waals surface area contributed by atoms with Gasteiger partial charge in [-0.25, -0.2) is 0 Å². The van der Waals surface area contributed by atoms with E-state index >= 15 is 0 Å². The number of hydrogen-bond donors (Lipinski definition) is 1. The summed E-state index contributed by atoms with van der Waals surface area (Å²) in [5.41, 5.74) is 3.93. The molecule has 3 aromatic carbocycles.